The molecular formula is C5H7NOS. The van der Waals surface area contributed by atoms with Gasteiger partial charge in [0.1, 0.15) is 0 Å². The molecular weight excluding hydrogens is 122 g/mol. The minimum Gasteiger partial charge on any atom is -0.391 e. The van der Waals surface area contributed by atoms with Crippen LogP contribution in [0.15, 0.2) is 6.20 Å². The molecule has 0 unspecified atom stereocenters. The summed E-state index contributed by atoms with van der Waals surface area (Å²) in [5, 5.41) is 8.58. The molecule has 0 fully saturated rings. The number of aliphatic hydroxyl groups is 1. The molecule has 1 N–H and O–H groups in total. The second kappa shape index (κ2) is 2.24. The van der Waals surface area contributed by atoms with Gasteiger partial charge in [-0.25, -0.2) is 4.37 Å². The Balaban J connectivity index is 2.92. The summed E-state index contributed by atoms with van der Waals surface area (Å²) in [5.41, 5.74) is 1.08. The van der Waals surface area contributed by atoms with Crippen LogP contribution in [0, 0.1) is 6.92 Å². The third kappa shape index (κ3) is 0.877. The first-order chi connectivity index (χ1) is 3.84. The molecule has 0 saturated heterocycles. The molecule has 0 aliphatic heterocycles. The quantitative estimate of drug-likeness (QED) is 0.612. The van der Waals surface area contributed by atoms with Crippen molar-refractivity contribution in [1.29, 1.82) is 0 Å². The zero-order valence-electron chi connectivity index (χ0n) is 4.59. The van der Waals surface area contributed by atoms with Crippen LogP contribution in [0.2, 0.25) is 0 Å². The van der Waals surface area contributed by atoms with E-state index in [1.165, 1.54) is 11.5 Å². The summed E-state index contributed by atoms with van der Waals surface area (Å²) in [6.07, 6.45) is 1.76. The van der Waals surface area contributed by atoms with E-state index in [-0.39, 0.29) is 6.61 Å². The van der Waals surface area contributed by atoms with E-state index in [0.29, 0.717) is 0 Å². The molecule has 0 atom stereocenters. The lowest BCUT2D eigenvalue weighted by Gasteiger charge is -1.85. The van der Waals surface area contributed by atoms with Crippen molar-refractivity contribution >= 4 is 11.5 Å². The number of nitrogens with zero attached hydrogens (tertiary/aromatic N) is 1. The molecule has 3 heteroatoms. The molecule has 0 spiro atoms. The van der Waals surface area contributed by atoms with E-state index in [1.807, 2.05) is 6.92 Å². The van der Waals surface area contributed by atoms with E-state index in [2.05, 4.69) is 4.37 Å². The predicted octanol–water partition coefficient (Wildman–Crippen LogP) is 0.944. The van der Waals surface area contributed by atoms with Crippen molar-refractivity contribution in [3.63, 3.8) is 0 Å². The lowest BCUT2D eigenvalue weighted by molar-refractivity contribution is 0.285. The Labute approximate surface area is 52.0 Å². The van der Waals surface area contributed by atoms with Gasteiger partial charge in [0.05, 0.1) is 11.5 Å². The highest BCUT2D eigenvalue weighted by Crippen LogP contribution is 2.10. The van der Waals surface area contributed by atoms with Gasteiger partial charge in [-0.2, -0.15) is 0 Å². The Morgan fingerprint density at radius 2 is 2.62 bits per heavy atom. The molecule has 0 aliphatic carbocycles. The Hall–Kier alpha value is -0.410. The summed E-state index contributed by atoms with van der Waals surface area (Å²) < 4.78 is 3.87. The van der Waals surface area contributed by atoms with Crippen LogP contribution in [0.4, 0.5) is 0 Å². The Morgan fingerprint density at radius 1 is 1.88 bits per heavy atom. The summed E-state index contributed by atoms with van der Waals surface area (Å²) in [6, 6.07) is 0. The van der Waals surface area contributed by atoms with Crippen LogP contribution in [-0.4, -0.2) is 9.48 Å². The highest BCUT2D eigenvalue weighted by atomic mass is 32.1. The van der Waals surface area contributed by atoms with Crippen molar-refractivity contribution < 1.29 is 5.11 Å². The van der Waals surface area contributed by atoms with Crippen LogP contribution in [0.5, 0.6) is 0 Å². The topological polar surface area (TPSA) is 33.1 Å². The minimum absolute atomic E-state index is 0.122. The van der Waals surface area contributed by atoms with Crippen molar-refractivity contribution in [3.8, 4) is 0 Å². The summed E-state index contributed by atoms with van der Waals surface area (Å²) in [5.74, 6) is 0. The zero-order valence-corrected chi connectivity index (χ0v) is 5.40. The number of hydrogen-bond donors (Lipinski definition) is 1. The van der Waals surface area contributed by atoms with Gasteiger partial charge >= 0.3 is 0 Å². The van der Waals surface area contributed by atoms with E-state index in [1.54, 1.807) is 6.20 Å². The van der Waals surface area contributed by atoms with Gasteiger partial charge in [-0.1, -0.05) is 0 Å². The first kappa shape index (κ1) is 5.72. The van der Waals surface area contributed by atoms with Crippen LogP contribution in [0.25, 0.3) is 0 Å². The van der Waals surface area contributed by atoms with Crippen molar-refractivity contribution in [3.05, 3.63) is 16.6 Å². The van der Waals surface area contributed by atoms with Gasteiger partial charge in [-0.3, -0.25) is 0 Å². The van der Waals surface area contributed by atoms with E-state index < -0.39 is 0 Å². The molecule has 1 heterocycles. The van der Waals surface area contributed by atoms with Crippen LogP contribution in [0.3, 0.4) is 0 Å². The summed E-state index contributed by atoms with van der Waals surface area (Å²) in [7, 11) is 0. The van der Waals surface area contributed by atoms with Gasteiger partial charge in [-0.15, -0.1) is 0 Å². The molecule has 0 saturated carbocycles. The molecule has 44 valence electrons. The van der Waals surface area contributed by atoms with Gasteiger partial charge in [0.25, 0.3) is 0 Å². The maximum Gasteiger partial charge on any atom is 0.0793 e. The Kier molecular flexibility index (Phi) is 1.60. The lowest BCUT2D eigenvalue weighted by atomic mass is 10.3. The molecule has 0 radical (unpaired) electrons. The number of rotatable bonds is 1. The highest BCUT2D eigenvalue weighted by molar-refractivity contribution is 7.05. The van der Waals surface area contributed by atoms with Gasteiger partial charge < -0.3 is 5.11 Å². The fourth-order valence-corrected chi connectivity index (χ4v) is 1.06. The van der Waals surface area contributed by atoms with Crippen LogP contribution < -0.4 is 0 Å². The van der Waals surface area contributed by atoms with E-state index >= 15 is 0 Å². The second-order valence-corrected chi connectivity index (χ2v) is 2.48. The van der Waals surface area contributed by atoms with Gasteiger partial charge in [0.15, 0.2) is 0 Å². The highest BCUT2D eigenvalue weighted by Gasteiger charge is 1.95. The van der Waals surface area contributed by atoms with Crippen molar-refractivity contribution in [2.45, 2.75) is 13.5 Å². The molecule has 0 aromatic carbocycles. The first-order valence-corrected chi connectivity index (χ1v) is 3.13. The van der Waals surface area contributed by atoms with Gasteiger partial charge in [-0.05, 0) is 24.0 Å². The van der Waals surface area contributed by atoms with Crippen LogP contribution in [-0.2, 0) is 6.61 Å². The summed E-state index contributed by atoms with van der Waals surface area (Å²) in [4.78, 5) is 0.963. The SMILES string of the molecule is Cc1cnsc1CO. The third-order valence-electron chi connectivity index (χ3n) is 0.993. The molecule has 1 aromatic rings. The lowest BCUT2D eigenvalue weighted by Crippen LogP contribution is -1.76. The molecule has 2 nitrogen and oxygen atoms in total. The molecule has 0 amide bonds. The number of aliphatic hydroxyl groups excluding tert-OH is 1. The average molecular weight is 129 g/mol. The standard InChI is InChI=1S/C5H7NOS/c1-4-2-6-8-5(4)3-7/h2,7H,3H2,1H3. The predicted molar refractivity (Wildman–Crippen MR) is 32.8 cm³/mol. The third-order valence-corrected chi connectivity index (χ3v) is 1.87. The molecule has 0 bridgehead atoms. The summed E-state index contributed by atoms with van der Waals surface area (Å²) in [6.45, 7) is 2.06. The zero-order chi connectivity index (χ0) is 5.98. The van der Waals surface area contributed by atoms with E-state index in [9.17, 15) is 0 Å². The largest absolute Gasteiger partial charge is 0.391 e. The maximum absolute atomic E-state index is 8.58. The smallest absolute Gasteiger partial charge is 0.0793 e. The molecule has 1 rings (SSSR count). The maximum atomic E-state index is 8.58. The molecule has 1 aromatic heterocycles. The molecule has 0 aliphatic rings. The fourth-order valence-electron chi connectivity index (χ4n) is 0.467. The van der Waals surface area contributed by atoms with Crippen molar-refractivity contribution in [2.24, 2.45) is 0 Å². The van der Waals surface area contributed by atoms with Crippen molar-refractivity contribution in [2.75, 3.05) is 0 Å². The Bertz CT molecular complexity index is 173. The van der Waals surface area contributed by atoms with Crippen LogP contribution in [0.1, 0.15) is 10.4 Å². The normalized spacial score (nSPS) is 9.75. The van der Waals surface area contributed by atoms with E-state index in [0.717, 1.165) is 10.4 Å². The second-order valence-electron chi connectivity index (χ2n) is 1.59. The van der Waals surface area contributed by atoms with Crippen LogP contribution >= 0.6 is 11.5 Å². The fraction of sp³-hybridized carbons (Fsp3) is 0.400. The number of hydrogen-bond acceptors (Lipinski definition) is 3. The Morgan fingerprint density at radius 3 is 2.88 bits per heavy atom. The van der Waals surface area contributed by atoms with Gasteiger partial charge in [0, 0.05) is 6.20 Å². The summed E-state index contributed by atoms with van der Waals surface area (Å²) >= 11 is 1.35. The van der Waals surface area contributed by atoms with E-state index in [4.69, 9.17) is 5.11 Å². The first-order valence-electron chi connectivity index (χ1n) is 2.35. The molecule has 8 heavy (non-hydrogen) atoms. The number of aryl methyl sites for hydroxylation is 1. The van der Waals surface area contributed by atoms with Crippen molar-refractivity contribution in [1.82, 2.24) is 4.37 Å². The average Bonchev–Trinajstić information content (AvgIpc) is 2.14. The monoisotopic (exact) mass is 129 g/mol. The number of aromatic nitrogens is 1. The minimum atomic E-state index is 0.122. The van der Waals surface area contributed by atoms with Gasteiger partial charge in [0.2, 0.25) is 0 Å².